The standard InChI is InChI=1S/C18H15N7O2/c1-12-8-13(6-7-15(12)25-11-19-22-23-25)21-18(27)10-24-16-5-3-2-4-14(16)17(26)9-20-24/h2-9,11H,10H2,1H3,(H,21,27). The predicted octanol–water partition coefficient (Wildman–Crippen LogP) is 1.32. The van der Waals surface area contributed by atoms with E-state index in [1.807, 2.05) is 19.1 Å². The molecule has 2 heterocycles. The Balaban J connectivity index is 1.55. The fourth-order valence-electron chi connectivity index (χ4n) is 2.89. The van der Waals surface area contributed by atoms with Crippen molar-refractivity contribution in [1.82, 2.24) is 30.0 Å². The average Bonchev–Trinajstić information content (AvgIpc) is 3.19. The molecule has 0 fully saturated rings. The number of amides is 1. The van der Waals surface area contributed by atoms with Crippen molar-refractivity contribution in [2.24, 2.45) is 0 Å². The molecule has 0 unspecified atom stereocenters. The zero-order chi connectivity index (χ0) is 18.8. The van der Waals surface area contributed by atoms with Gasteiger partial charge in [-0.1, -0.05) is 12.1 Å². The van der Waals surface area contributed by atoms with Gasteiger partial charge in [-0.05, 0) is 53.2 Å². The molecule has 0 aliphatic heterocycles. The molecule has 0 saturated heterocycles. The summed E-state index contributed by atoms with van der Waals surface area (Å²) < 4.78 is 3.06. The Morgan fingerprint density at radius 1 is 1.19 bits per heavy atom. The summed E-state index contributed by atoms with van der Waals surface area (Å²) in [6.07, 6.45) is 2.73. The minimum Gasteiger partial charge on any atom is -0.324 e. The van der Waals surface area contributed by atoms with Gasteiger partial charge in [0.2, 0.25) is 11.3 Å². The molecule has 0 bridgehead atoms. The molecular formula is C18H15N7O2. The number of nitrogens with zero attached hydrogens (tertiary/aromatic N) is 6. The van der Waals surface area contributed by atoms with Gasteiger partial charge >= 0.3 is 0 Å². The van der Waals surface area contributed by atoms with Crippen LogP contribution in [0.15, 0.2) is 59.8 Å². The van der Waals surface area contributed by atoms with Crippen molar-refractivity contribution in [2.75, 3.05) is 5.32 Å². The van der Waals surface area contributed by atoms with Crippen molar-refractivity contribution in [3.63, 3.8) is 0 Å². The Kier molecular flexibility index (Phi) is 4.17. The maximum Gasteiger partial charge on any atom is 0.246 e. The number of benzene rings is 2. The zero-order valence-corrected chi connectivity index (χ0v) is 14.4. The number of carbonyl (C=O) groups excluding carboxylic acids is 1. The summed E-state index contributed by atoms with van der Waals surface area (Å²) in [4.78, 5) is 24.3. The van der Waals surface area contributed by atoms with Crippen LogP contribution in [-0.2, 0) is 11.3 Å². The van der Waals surface area contributed by atoms with E-state index >= 15 is 0 Å². The Morgan fingerprint density at radius 3 is 2.81 bits per heavy atom. The van der Waals surface area contributed by atoms with E-state index in [-0.39, 0.29) is 17.9 Å². The van der Waals surface area contributed by atoms with Gasteiger partial charge in [-0.25, -0.2) is 4.68 Å². The molecule has 27 heavy (non-hydrogen) atoms. The van der Waals surface area contributed by atoms with Crippen molar-refractivity contribution in [3.8, 4) is 5.69 Å². The lowest BCUT2D eigenvalue weighted by atomic mass is 10.2. The van der Waals surface area contributed by atoms with Crippen LogP contribution >= 0.6 is 0 Å². The van der Waals surface area contributed by atoms with Gasteiger partial charge in [-0.15, -0.1) is 5.10 Å². The van der Waals surface area contributed by atoms with Crippen LogP contribution in [0.3, 0.4) is 0 Å². The second kappa shape index (κ2) is 6.79. The summed E-state index contributed by atoms with van der Waals surface area (Å²) in [7, 11) is 0. The van der Waals surface area contributed by atoms with Crippen LogP contribution in [-0.4, -0.2) is 35.9 Å². The fraction of sp³-hybridized carbons (Fsp3) is 0.111. The lowest BCUT2D eigenvalue weighted by Crippen LogP contribution is -2.22. The third-order valence-electron chi connectivity index (χ3n) is 4.13. The van der Waals surface area contributed by atoms with Gasteiger partial charge in [0.15, 0.2) is 0 Å². The van der Waals surface area contributed by atoms with Crippen LogP contribution in [0.25, 0.3) is 16.6 Å². The van der Waals surface area contributed by atoms with Gasteiger partial charge in [-0.2, -0.15) is 5.10 Å². The van der Waals surface area contributed by atoms with Crippen LogP contribution in [0.5, 0.6) is 0 Å². The lowest BCUT2D eigenvalue weighted by Gasteiger charge is -2.11. The summed E-state index contributed by atoms with van der Waals surface area (Å²) in [6.45, 7) is 1.90. The molecule has 9 nitrogen and oxygen atoms in total. The van der Waals surface area contributed by atoms with Crippen LogP contribution in [0, 0.1) is 6.92 Å². The molecule has 9 heteroatoms. The Bertz CT molecular complexity index is 1180. The molecule has 134 valence electrons. The van der Waals surface area contributed by atoms with Crippen LogP contribution in [0.4, 0.5) is 5.69 Å². The van der Waals surface area contributed by atoms with Gasteiger partial charge in [0.1, 0.15) is 12.9 Å². The highest BCUT2D eigenvalue weighted by Crippen LogP contribution is 2.18. The summed E-state index contributed by atoms with van der Waals surface area (Å²) in [5.74, 6) is -0.245. The quantitative estimate of drug-likeness (QED) is 0.587. The first-order valence-corrected chi connectivity index (χ1v) is 8.20. The first kappa shape index (κ1) is 16.6. The predicted molar refractivity (Wildman–Crippen MR) is 98.5 cm³/mol. The number of carbonyl (C=O) groups is 1. The number of tetrazole rings is 1. The topological polar surface area (TPSA) is 108 Å². The number of para-hydroxylation sites is 1. The third kappa shape index (κ3) is 3.30. The zero-order valence-electron chi connectivity index (χ0n) is 14.4. The van der Waals surface area contributed by atoms with Gasteiger partial charge < -0.3 is 5.32 Å². The van der Waals surface area contributed by atoms with Crippen molar-refractivity contribution in [1.29, 1.82) is 0 Å². The summed E-state index contributed by atoms with van der Waals surface area (Å²) >= 11 is 0. The number of fused-ring (bicyclic) bond motifs is 1. The Hall–Kier alpha value is -3.88. The highest BCUT2D eigenvalue weighted by atomic mass is 16.2. The number of nitrogens with one attached hydrogen (secondary N) is 1. The maximum absolute atomic E-state index is 12.4. The largest absolute Gasteiger partial charge is 0.324 e. The van der Waals surface area contributed by atoms with Crippen molar-refractivity contribution >= 4 is 22.5 Å². The number of hydrogen-bond donors (Lipinski definition) is 1. The Labute approximate surface area is 153 Å². The SMILES string of the molecule is Cc1cc(NC(=O)Cn2ncc(=O)c3ccccc32)ccc1-n1cnnn1. The van der Waals surface area contributed by atoms with Crippen LogP contribution in [0.1, 0.15) is 5.56 Å². The molecule has 4 aromatic rings. The third-order valence-corrected chi connectivity index (χ3v) is 4.13. The van der Waals surface area contributed by atoms with Gasteiger partial charge in [0, 0.05) is 11.1 Å². The number of hydrogen-bond acceptors (Lipinski definition) is 6. The van der Waals surface area contributed by atoms with Gasteiger partial charge in [0.25, 0.3) is 0 Å². The second-order valence-corrected chi connectivity index (χ2v) is 5.99. The summed E-state index contributed by atoms with van der Waals surface area (Å²) in [5, 5.41) is 18.5. The normalized spacial score (nSPS) is 10.9. The molecule has 0 aliphatic rings. The van der Waals surface area contributed by atoms with Crippen molar-refractivity contribution < 1.29 is 4.79 Å². The molecule has 0 aliphatic carbocycles. The van der Waals surface area contributed by atoms with Crippen molar-refractivity contribution in [2.45, 2.75) is 13.5 Å². The molecule has 0 radical (unpaired) electrons. The number of anilines is 1. The maximum atomic E-state index is 12.4. The molecule has 0 atom stereocenters. The van der Waals surface area contributed by atoms with Gasteiger partial charge in [0.05, 0.1) is 17.4 Å². The van der Waals surface area contributed by atoms with E-state index in [1.54, 1.807) is 35.0 Å². The average molecular weight is 361 g/mol. The van der Waals surface area contributed by atoms with E-state index < -0.39 is 0 Å². The van der Waals surface area contributed by atoms with E-state index in [1.165, 1.54) is 17.2 Å². The molecule has 0 saturated carbocycles. The molecule has 4 rings (SSSR count). The molecular weight excluding hydrogens is 346 g/mol. The molecule has 1 amide bonds. The lowest BCUT2D eigenvalue weighted by molar-refractivity contribution is -0.116. The number of rotatable bonds is 4. The Morgan fingerprint density at radius 2 is 2.04 bits per heavy atom. The highest BCUT2D eigenvalue weighted by Gasteiger charge is 2.10. The van der Waals surface area contributed by atoms with Crippen molar-refractivity contribution in [3.05, 3.63) is 70.8 Å². The van der Waals surface area contributed by atoms with Gasteiger partial charge in [-0.3, -0.25) is 14.3 Å². The minimum absolute atomic E-state index is 0.00537. The smallest absolute Gasteiger partial charge is 0.246 e. The van der Waals surface area contributed by atoms with E-state index in [2.05, 4.69) is 25.9 Å². The fourth-order valence-corrected chi connectivity index (χ4v) is 2.89. The number of aromatic nitrogens is 6. The van der Waals surface area contributed by atoms with Crippen LogP contribution in [0.2, 0.25) is 0 Å². The summed E-state index contributed by atoms with van der Waals surface area (Å²) in [6, 6.07) is 12.5. The van der Waals surface area contributed by atoms with E-state index in [0.717, 1.165) is 11.3 Å². The first-order valence-electron chi connectivity index (χ1n) is 8.20. The molecule has 2 aromatic heterocycles. The molecule has 2 aromatic carbocycles. The highest BCUT2D eigenvalue weighted by molar-refractivity contribution is 5.91. The molecule has 0 spiro atoms. The second-order valence-electron chi connectivity index (χ2n) is 5.99. The van der Waals surface area contributed by atoms with E-state index in [9.17, 15) is 9.59 Å². The first-order chi connectivity index (χ1) is 13.1. The monoisotopic (exact) mass is 361 g/mol. The molecule has 1 N–H and O–H groups in total. The minimum atomic E-state index is -0.245. The van der Waals surface area contributed by atoms with E-state index in [4.69, 9.17) is 0 Å². The number of aryl methyl sites for hydroxylation is 1. The summed E-state index contributed by atoms with van der Waals surface area (Å²) in [5.41, 5.74) is 2.83. The van der Waals surface area contributed by atoms with Crippen LogP contribution < -0.4 is 10.7 Å². The van der Waals surface area contributed by atoms with E-state index in [0.29, 0.717) is 16.6 Å².